The third kappa shape index (κ3) is 3.13. The van der Waals surface area contributed by atoms with E-state index in [4.69, 9.17) is 4.42 Å². The molecule has 49 heavy (non-hydrogen) atoms. The Morgan fingerprint density at radius 2 is 1.00 bits per heavy atom. The maximum Gasteiger partial charge on any atom is 0.137 e. The van der Waals surface area contributed by atoms with Crippen LogP contribution >= 0.6 is 0 Å². The Kier molecular flexibility index (Phi) is 4.72. The molecule has 3 heterocycles. The average Bonchev–Trinajstić information content (AvgIpc) is 3.89. The fourth-order valence-electron chi connectivity index (χ4n) is 8.94. The lowest BCUT2D eigenvalue weighted by Gasteiger charge is -2.14. The SMILES string of the molecule is c1ccc(-n2c3ccccc3c3ccc4c(c5ccc6oc7ccccc7c6c5n4-c4ccc5c6c(cccc46)-c4ccccc4-5)c32)cc1. The fraction of sp³-hybridized carbons (Fsp3) is 0. The Morgan fingerprint density at radius 3 is 1.88 bits per heavy atom. The maximum atomic E-state index is 6.54. The predicted molar refractivity (Wildman–Crippen MR) is 204 cm³/mol. The standard InChI is InChI=1S/C46H26N2O/c1-2-11-27(12-3-1)47-37-19-8-6-15-30(37)33-22-25-39-43(45(33)47)36-23-26-41-44(35-16-7-9-20-40(35)49-41)46(36)48(39)38-24-21-32-29-14-5-4-13-28(29)31-17-10-18-34(38)42(31)32/h1-26H. The van der Waals surface area contributed by atoms with Crippen LogP contribution in [0.4, 0.5) is 0 Å². The van der Waals surface area contributed by atoms with Crippen molar-refractivity contribution in [1.29, 1.82) is 0 Å². The van der Waals surface area contributed by atoms with Gasteiger partial charge in [-0.25, -0.2) is 0 Å². The molecular formula is C46H26N2O. The van der Waals surface area contributed by atoms with Gasteiger partial charge in [0.15, 0.2) is 0 Å². The van der Waals surface area contributed by atoms with Gasteiger partial charge in [0.25, 0.3) is 0 Å². The van der Waals surface area contributed by atoms with Crippen LogP contribution in [0.15, 0.2) is 162 Å². The highest BCUT2D eigenvalue weighted by Crippen LogP contribution is 2.51. The molecule has 3 aromatic heterocycles. The smallest absolute Gasteiger partial charge is 0.137 e. The molecule has 0 radical (unpaired) electrons. The summed E-state index contributed by atoms with van der Waals surface area (Å²) in [5.74, 6) is 0. The molecule has 0 N–H and O–H groups in total. The van der Waals surface area contributed by atoms with Crippen molar-refractivity contribution in [2.75, 3.05) is 0 Å². The van der Waals surface area contributed by atoms with Crippen molar-refractivity contribution in [3.63, 3.8) is 0 Å². The van der Waals surface area contributed by atoms with Gasteiger partial charge in [0.1, 0.15) is 11.2 Å². The van der Waals surface area contributed by atoms with E-state index in [1.807, 2.05) is 0 Å². The van der Waals surface area contributed by atoms with E-state index in [0.717, 1.165) is 27.6 Å². The number of aromatic nitrogens is 2. The van der Waals surface area contributed by atoms with Gasteiger partial charge in [0.05, 0.1) is 33.1 Å². The molecule has 0 saturated heterocycles. The van der Waals surface area contributed by atoms with Gasteiger partial charge >= 0.3 is 0 Å². The number of para-hydroxylation sites is 3. The molecule has 11 aromatic rings. The largest absolute Gasteiger partial charge is 0.456 e. The molecular weight excluding hydrogens is 597 g/mol. The monoisotopic (exact) mass is 622 g/mol. The molecule has 0 unspecified atom stereocenters. The molecule has 3 nitrogen and oxygen atoms in total. The molecule has 8 aromatic carbocycles. The maximum absolute atomic E-state index is 6.54. The van der Waals surface area contributed by atoms with Crippen molar-refractivity contribution in [3.05, 3.63) is 158 Å². The van der Waals surface area contributed by atoms with E-state index in [1.165, 1.54) is 82.3 Å². The second-order valence-corrected chi connectivity index (χ2v) is 13.2. The number of rotatable bonds is 2. The summed E-state index contributed by atoms with van der Waals surface area (Å²) in [7, 11) is 0. The minimum absolute atomic E-state index is 0.899. The molecule has 226 valence electrons. The van der Waals surface area contributed by atoms with Crippen LogP contribution in [0.3, 0.4) is 0 Å². The first kappa shape index (κ1) is 25.5. The summed E-state index contributed by atoms with van der Waals surface area (Å²) in [4.78, 5) is 0. The molecule has 12 rings (SSSR count). The van der Waals surface area contributed by atoms with E-state index in [2.05, 4.69) is 167 Å². The van der Waals surface area contributed by atoms with Gasteiger partial charge in [-0.1, -0.05) is 109 Å². The second kappa shape index (κ2) is 9.06. The lowest BCUT2D eigenvalue weighted by Crippen LogP contribution is -1.97. The first-order chi connectivity index (χ1) is 24.3. The Balaban J connectivity index is 1.34. The van der Waals surface area contributed by atoms with Gasteiger partial charge in [-0.3, -0.25) is 0 Å². The fourth-order valence-corrected chi connectivity index (χ4v) is 8.94. The Morgan fingerprint density at radius 1 is 0.327 bits per heavy atom. The van der Waals surface area contributed by atoms with E-state index in [9.17, 15) is 0 Å². The number of hydrogen-bond acceptors (Lipinski definition) is 1. The van der Waals surface area contributed by atoms with Crippen LogP contribution in [0.1, 0.15) is 0 Å². The van der Waals surface area contributed by atoms with Crippen LogP contribution in [0.5, 0.6) is 0 Å². The highest BCUT2D eigenvalue weighted by Gasteiger charge is 2.27. The van der Waals surface area contributed by atoms with E-state index in [-0.39, 0.29) is 0 Å². The number of furan rings is 1. The first-order valence-electron chi connectivity index (χ1n) is 16.9. The summed E-state index contributed by atoms with van der Waals surface area (Å²) in [6.45, 7) is 0. The third-order valence-electron chi connectivity index (χ3n) is 10.8. The molecule has 1 aliphatic carbocycles. The Labute approximate surface area is 280 Å². The molecule has 0 fully saturated rings. The van der Waals surface area contributed by atoms with E-state index in [1.54, 1.807) is 0 Å². The molecule has 3 heteroatoms. The van der Waals surface area contributed by atoms with Crippen molar-refractivity contribution in [1.82, 2.24) is 9.13 Å². The highest BCUT2D eigenvalue weighted by atomic mass is 16.3. The van der Waals surface area contributed by atoms with Crippen molar-refractivity contribution >= 4 is 76.3 Å². The summed E-state index contributed by atoms with van der Waals surface area (Å²) in [6.07, 6.45) is 0. The van der Waals surface area contributed by atoms with Crippen molar-refractivity contribution in [2.24, 2.45) is 0 Å². The molecule has 0 saturated carbocycles. The minimum atomic E-state index is 0.899. The van der Waals surface area contributed by atoms with Crippen LogP contribution < -0.4 is 0 Å². The lowest BCUT2D eigenvalue weighted by molar-refractivity contribution is 0.669. The summed E-state index contributed by atoms with van der Waals surface area (Å²) in [5.41, 5.74) is 14.1. The number of fused-ring (bicyclic) bond motifs is 14. The molecule has 0 bridgehead atoms. The molecule has 0 spiro atoms. The van der Waals surface area contributed by atoms with Crippen LogP contribution in [0.25, 0.3) is 110 Å². The van der Waals surface area contributed by atoms with Crippen LogP contribution in [-0.2, 0) is 0 Å². The molecule has 0 amide bonds. The molecule has 0 atom stereocenters. The van der Waals surface area contributed by atoms with Crippen molar-refractivity contribution < 1.29 is 4.42 Å². The van der Waals surface area contributed by atoms with E-state index >= 15 is 0 Å². The van der Waals surface area contributed by atoms with Crippen molar-refractivity contribution in [3.8, 4) is 33.6 Å². The summed E-state index contributed by atoms with van der Waals surface area (Å²) in [5, 5.41) is 9.80. The van der Waals surface area contributed by atoms with Gasteiger partial charge in [-0.2, -0.15) is 0 Å². The number of benzene rings is 8. The zero-order chi connectivity index (χ0) is 31.8. The first-order valence-corrected chi connectivity index (χ1v) is 16.9. The zero-order valence-corrected chi connectivity index (χ0v) is 26.3. The minimum Gasteiger partial charge on any atom is -0.456 e. The summed E-state index contributed by atoms with van der Waals surface area (Å²) in [6, 6.07) is 57.4. The van der Waals surface area contributed by atoms with Crippen LogP contribution in [0.2, 0.25) is 0 Å². The number of hydrogen-bond donors (Lipinski definition) is 0. The van der Waals surface area contributed by atoms with Crippen LogP contribution in [-0.4, -0.2) is 9.13 Å². The topological polar surface area (TPSA) is 23.0 Å². The van der Waals surface area contributed by atoms with Crippen molar-refractivity contribution in [2.45, 2.75) is 0 Å². The van der Waals surface area contributed by atoms with Gasteiger partial charge in [-0.15, -0.1) is 0 Å². The molecule has 0 aliphatic heterocycles. The van der Waals surface area contributed by atoms with E-state index in [0.29, 0.717) is 0 Å². The summed E-state index contributed by atoms with van der Waals surface area (Å²) >= 11 is 0. The lowest BCUT2D eigenvalue weighted by atomic mass is 10.0. The summed E-state index contributed by atoms with van der Waals surface area (Å²) < 4.78 is 11.5. The highest BCUT2D eigenvalue weighted by molar-refractivity contribution is 6.32. The van der Waals surface area contributed by atoms with Gasteiger partial charge in [0, 0.05) is 38.0 Å². The third-order valence-corrected chi connectivity index (χ3v) is 10.8. The van der Waals surface area contributed by atoms with E-state index < -0.39 is 0 Å². The second-order valence-electron chi connectivity index (χ2n) is 13.2. The quantitative estimate of drug-likeness (QED) is 0.188. The Bertz CT molecular complexity index is 3180. The van der Waals surface area contributed by atoms with Gasteiger partial charge in [0.2, 0.25) is 0 Å². The predicted octanol–water partition coefficient (Wildman–Crippen LogP) is 12.6. The average molecular weight is 623 g/mol. The number of nitrogens with zero attached hydrogens (tertiary/aromatic N) is 2. The van der Waals surface area contributed by atoms with Crippen LogP contribution in [0, 0.1) is 0 Å². The van der Waals surface area contributed by atoms with Gasteiger partial charge < -0.3 is 13.6 Å². The Hall–Kier alpha value is -6.58. The zero-order valence-electron chi connectivity index (χ0n) is 26.3. The van der Waals surface area contributed by atoms with Gasteiger partial charge in [-0.05, 0) is 76.2 Å². The molecule has 1 aliphatic rings. The normalized spacial score (nSPS) is 12.5.